The molecule has 0 spiro atoms. The van der Waals surface area contributed by atoms with Crippen LogP contribution in [0.3, 0.4) is 0 Å². The zero-order valence-corrected chi connectivity index (χ0v) is 12.7. The number of halogens is 4. The lowest BCUT2D eigenvalue weighted by molar-refractivity contribution is -0.154. The van der Waals surface area contributed by atoms with Gasteiger partial charge < -0.3 is 10.5 Å². The summed E-state index contributed by atoms with van der Waals surface area (Å²) in [6.07, 6.45) is -1.61. The van der Waals surface area contributed by atoms with Crippen molar-refractivity contribution >= 4 is 11.8 Å². The maximum Gasteiger partial charge on any atom is 0.422 e. The van der Waals surface area contributed by atoms with Crippen LogP contribution in [0.4, 0.5) is 17.6 Å². The number of hydrogen-bond donors (Lipinski definition) is 1. The zero-order valence-electron chi connectivity index (χ0n) is 11.9. The molecule has 0 aliphatic carbocycles. The predicted octanol–water partition coefficient (Wildman–Crippen LogP) is 2.80. The molecule has 2 N–H and O–H groups in total. The Hall–Kier alpha value is -1.94. The SMILES string of the molecule is CSc1nc(CN)cc(-c2cnc(OCC(F)(F)F)c(F)c2)n1. The van der Waals surface area contributed by atoms with E-state index in [0.717, 1.165) is 6.07 Å². The van der Waals surface area contributed by atoms with Gasteiger partial charge >= 0.3 is 6.18 Å². The monoisotopic (exact) mass is 348 g/mol. The number of nitrogens with zero attached hydrogens (tertiary/aromatic N) is 3. The minimum atomic E-state index is -4.57. The Morgan fingerprint density at radius 1 is 1.26 bits per heavy atom. The van der Waals surface area contributed by atoms with Crippen LogP contribution < -0.4 is 10.5 Å². The van der Waals surface area contributed by atoms with Crippen LogP contribution in [-0.2, 0) is 6.54 Å². The number of pyridine rings is 1. The maximum atomic E-state index is 13.8. The minimum absolute atomic E-state index is 0.172. The molecule has 23 heavy (non-hydrogen) atoms. The van der Waals surface area contributed by atoms with E-state index < -0.39 is 24.5 Å². The Morgan fingerprint density at radius 3 is 2.57 bits per heavy atom. The molecule has 0 radical (unpaired) electrons. The molecule has 0 amide bonds. The van der Waals surface area contributed by atoms with E-state index >= 15 is 0 Å². The molecule has 0 aliphatic heterocycles. The molecule has 0 unspecified atom stereocenters. The van der Waals surface area contributed by atoms with Crippen molar-refractivity contribution in [3.05, 3.63) is 29.8 Å². The third-order valence-electron chi connectivity index (χ3n) is 2.63. The van der Waals surface area contributed by atoms with Crippen LogP contribution in [0.25, 0.3) is 11.3 Å². The fraction of sp³-hybridized carbons (Fsp3) is 0.308. The summed E-state index contributed by atoms with van der Waals surface area (Å²) in [5.74, 6) is -1.73. The lowest BCUT2D eigenvalue weighted by atomic mass is 10.2. The van der Waals surface area contributed by atoms with Crippen molar-refractivity contribution in [2.75, 3.05) is 12.9 Å². The predicted molar refractivity (Wildman–Crippen MR) is 76.4 cm³/mol. The van der Waals surface area contributed by atoms with Crippen molar-refractivity contribution in [1.82, 2.24) is 15.0 Å². The second kappa shape index (κ2) is 7.09. The first kappa shape index (κ1) is 17.4. The molecular weight excluding hydrogens is 336 g/mol. The van der Waals surface area contributed by atoms with Crippen molar-refractivity contribution in [2.24, 2.45) is 5.73 Å². The molecule has 124 valence electrons. The molecular formula is C13H12F4N4OS. The maximum absolute atomic E-state index is 13.8. The number of ether oxygens (including phenoxy) is 1. The standard InChI is InChI=1S/C13H12F4N4OS/c1-23-12-20-8(4-18)3-10(21-12)7-2-9(14)11(19-5-7)22-6-13(15,16)17/h2-3,5H,4,6,18H2,1H3. The molecule has 10 heteroatoms. The first-order chi connectivity index (χ1) is 10.8. The lowest BCUT2D eigenvalue weighted by Crippen LogP contribution is -2.20. The Bertz CT molecular complexity index is 674. The van der Waals surface area contributed by atoms with Crippen LogP contribution in [0.2, 0.25) is 0 Å². The number of nitrogens with two attached hydrogens (primary N) is 1. The van der Waals surface area contributed by atoms with E-state index in [1.165, 1.54) is 18.0 Å². The summed E-state index contributed by atoms with van der Waals surface area (Å²) in [6, 6.07) is 2.57. The summed E-state index contributed by atoms with van der Waals surface area (Å²) in [6.45, 7) is -1.44. The van der Waals surface area contributed by atoms with Crippen LogP contribution >= 0.6 is 11.8 Å². The van der Waals surface area contributed by atoms with Crippen LogP contribution in [0.15, 0.2) is 23.5 Å². The van der Waals surface area contributed by atoms with Gasteiger partial charge in [-0.25, -0.2) is 19.3 Å². The summed E-state index contributed by atoms with van der Waals surface area (Å²) in [7, 11) is 0. The van der Waals surface area contributed by atoms with E-state index in [0.29, 0.717) is 16.5 Å². The van der Waals surface area contributed by atoms with Gasteiger partial charge in [-0.05, 0) is 18.4 Å². The first-order valence-electron chi connectivity index (χ1n) is 6.30. The van der Waals surface area contributed by atoms with Crippen molar-refractivity contribution in [1.29, 1.82) is 0 Å². The second-order valence-corrected chi connectivity index (χ2v) is 5.12. The highest BCUT2D eigenvalue weighted by molar-refractivity contribution is 7.98. The Kier molecular flexibility index (Phi) is 5.37. The first-order valence-corrected chi connectivity index (χ1v) is 7.52. The van der Waals surface area contributed by atoms with E-state index in [1.54, 1.807) is 12.3 Å². The summed E-state index contributed by atoms with van der Waals surface area (Å²) in [5, 5.41) is 0.445. The summed E-state index contributed by atoms with van der Waals surface area (Å²) in [4.78, 5) is 11.9. The summed E-state index contributed by atoms with van der Waals surface area (Å²) >= 11 is 1.28. The highest BCUT2D eigenvalue weighted by Crippen LogP contribution is 2.25. The zero-order chi connectivity index (χ0) is 17.0. The largest absolute Gasteiger partial charge is 0.466 e. The number of thioether (sulfide) groups is 1. The van der Waals surface area contributed by atoms with Gasteiger partial charge in [0.1, 0.15) is 0 Å². The van der Waals surface area contributed by atoms with E-state index in [4.69, 9.17) is 5.73 Å². The van der Waals surface area contributed by atoms with Crippen molar-refractivity contribution in [2.45, 2.75) is 17.9 Å². The van der Waals surface area contributed by atoms with Crippen molar-refractivity contribution in [3.8, 4) is 17.1 Å². The third-order valence-corrected chi connectivity index (χ3v) is 3.17. The smallest absolute Gasteiger partial charge is 0.422 e. The van der Waals surface area contributed by atoms with E-state index in [-0.39, 0.29) is 12.1 Å². The average Bonchev–Trinajstić information content (AvgIpc) is 2.52. The quantitative estimate of drug-likeness (QED) is 0.509. The molecule has 0 atom stereocenters. The normalized spacial score (nSPS) is 11.6. The number of alkyl halides is 3. The van der Waals surface area contributed by atoms with Gasteiger partial charge in [-0.15, -0.1) is 0 Å². The number of aromatic nitrogens is 3. The van der Waals surface area contributed by atoms with E-state index in [9.17, 15) is 17.6 Å². The van der Waals surface area contributed by atoms with Gasteiger partial charge in [-0.2, -0.15) is 13.2 Å². The van der Waals surface area contributed by atoms with Gasteiger partial charge in [-0.1, -0.05) is 11.8 Å². The third kappa shape index (κ3) is 4.76. The highest BCUT2D eigenvalue weighted by Gasteiger charge is 2.29. The van der Waals surface area contributed by atoms with Gasteiger partial charge in [0.2, 0.25) is 0 Å². The fourth-order valence-electron chi connectivity index (χ4n) is 1.64. The van der Waals surface area contributed by atoms with Crippen LogP contribution in [0, 0.1) is 5.82 Å². The molecule has 0 aliphatic rings. The van der Waals surface area contributed by atoms with Gasteiger partial charge in [-0.3, -0.25) is 0 Å². The van der Waals surface area contributed by atoms with Gasteiger partial charge in [0.15, 0.2) is 17.6 Å². The summed E-state index contributed by atoms with van der Waals surface area (Å²) in [5.41, 5.74) is 6.75. The summed E-state index contributed by atoms with van der Waals surface area (Å²) < 4.78 is 54.4. The van der Waals surface area contributed by atoms with Gasteiger partial charge in [0.25, 0.3) is 5.88 Å². The molecule has 2 aromatic heterocycles. The average molecular weight is 348 g/mol. The molecule has 2 rings (SSSR count). The minimum Gasteiger partial charge on any atom is -0.466 e. The molecule has 0 bridgehead atoms. The second-order valence-electron chi connectivity index (χ2n) is 4.35. The highest BCUT2D eigenvalue weighted by atomic mass is 32.2. The number of hydrogen-bond acceptors (Lipinski definition) is 6. The van der Waals surface area contributed by atoms with Crippen LogP contribution in [-0.4, -0.2) is 34.0 Å². The topological polar surface area (TPSA) is 73.9 Å². The van der Waals surface area contributed by atoms with Crippen molar-refractivity contribution < 1.29 is 22.3 Å². The Labute approximate surface area is 133 Å². The molecule has 2 aromatic rings. The van der Waals surface area contributed by atoms with E-state index in [2.05, 4.69) is 19.7 Å². The molecule has 0 fully saturated rings. The van der Waals surface area contributed by atoms with Crippen LogP contribution in [0.5, 0.6) is 5.88 Å². The molecule has 5 nitrogen and oxygen atoms in total. The Balaban J connectivity index is 2.29. The number of rotatable bonds is 5. The van der Waals surface area contributed by atoms with Crippen molar-refractivity contribution in [3.63, 3.8) is 0 Å². The molecule has 0 saturated heterocycles. The fourth-order valence-corrected chi connectivity index (χ4v) is 2.04. The molecule has 0 aromatic carbocycles. The van der Waals surface area contributed by atoms with E-state index in [1.807, 2.05) is 0 Å². The van der Waals surface area contributed by atoms with Gasteiger partial charge in [0.05, 0.1) is 11.4 Å². The molecule has 0 saturated carbocycles. The Morgan fingerprint density at radius 2 is 2.00 bits per heavy atom. The molecule has 2 heterocycles. The van der Waals surface area contributed by atoms with Crippen LogP contribution in [0.1, 0.15) is 5.69 Å². The van der Waals surface area contributed by atoms with Gasteiger partial charge in [0, 0.05) is 18.3 Å². The lowest BCUT2D eigenvalue weighted by Gasteiger charge is -2.10.